The highest BCUT2D eigenvalue weighted by Crippen LogP contribution is 2.35. The molecule has 2 N–H and O–H groups in total. The van der Waals surface area contributed by atoms with E-state index in [-0.39, 0.29) is 5.91 Å². The Kier molecular flexibility index (Phi) is 6.79. The fourth-order valence-corrected chi connectivity index (χ4v) is 3.97. The van der Waals surface area contributed by atoms with Crippen LogP contribution in [0.15, 0.2) is 40.1 Å². The smallest absolute Gasteiger partial charge is 0.257 e. The second-order valence-electron chi connectivity index (χ2n) is 6.47. The quantitative estimate of drug-likeness (QED) is 0.636. The highest BCUT2D eigenvalue weighted by molar-refractivity contribution is 7.80. The topological polar surface area (TPSA) is 79.6 Å². The molecule has 29 heavy (non-hydrogen) atoms. The number of anilines is 1. The van der Waals surface area contributed by atoms with Gasteiger partial charge < -0.3 is 24.8 Å². The second-order valence-corrected chi connectivity index (χ2v) is 7.70. The zero-order chi connectivity index (χ0) is 21.1. The Morgan fingerprint density at radius 3 is 2.76 bits per heavy atom. The molecule has 3 rings (SSSR count). The van der Waals surface area contributed by atoms with Crippen LogP contribution in [0.3, 0.4) is 0 Å². The normalized spacial score (nSPS) is 16.8. The van der Waals surface area contributed by atoms with Crippen molar-refractivity contribution in [2.45, 2.75) is 19.9 Å². The predicted octanol–water partition coefficient (Wildman–Crippen LogP) is 4.08. The average molecular weight is 455 g/mol. The van der Waals surface area contributed by atoms with E-state index in [1.807, 2.05) is 11.8 Å². The Morgan fingerprint density at radius 1 is 1.38 bits per heavy atom. The number of methoxy groups -OCH3 is 1. The molecule has 0 unspecified atom stereocenters. The summed E-state index contributed by atoms with van der Waals surface area (Å²) in [7, 11) is 1.61. The first kappa shape index (κ1) is 21.6. The van der Waals surface area contributed by atoms with Crippen LogP contribution in [0.1, 0.15) is 24.3 Å². The molecule has 1 atom stereocenters. The lowest BCUT2D eigenvalue weighted by atomic mass is 9.94. The maximum absolute atomic E-state index is 13.2. The highest BCUT2D eigenvalue weighted by atomic mass is 35.5. The molecule has 1 amide bonds. The van der Waals surface area contributed by atoms with Crippen LogP contribution >= 0.6 is 35.4 Å². The number of nitrogens with one attached hydrogen (secondary N) is 2. The molecule has 154 valence electrons. The second kappa shape index (κ2) is 9.13. The molecule has 2 aromatic rings. The molecule has 0 saturated heterocycles. The molecule has 1 aliphatic rings. The number of carbonyl (C=O) groups excluding carboxylic acids is 1. The predicted molar refractivity (Wildman–Crippen MR) is 116 cm³/mol. The van der Waals surface area contributed by atoms with Crippen molar-refractivity contribution >= 4 is 52.3 Å². The Morgan fingerprint density at radius 2 is 2.14 bits per heavy atom. The van der Waals surface area contributed by atoms with E-state index in [1.54, 1.807) is 38.3 Å². The van der Waals surface area contributed by atoms with Gasteiger partial charge in [0.25, 0.3) is 5.91 Å². The minimum absolute atomic E-state index is 0.324. The van der Waals surface area contributed by atoms with Crippen molar-refractivity contribution in [3.63, 3.8) is 0 Å². The first-order valence-electron chi connectivity index (χ1n) is 8.79. The maximum atomic E-state index is 13.2. The fraction of sp³-hybridized carbons (Fsp3) is 0.316. The van der Waals surface area contributed by atoms with Gasteiger partial charge in [-0.05, 0) is 43.8 Å². The third-order valence-electron chi connectivity index (χ3n) is 4.50. The van der Waals surface area contributed by atoms with Crippen LogP contribution in [0.2, 0.25) is 10.0 Å². The standard InChI is InChI=1S/C19H20Cl2N4O3S/c1-10-8-15(24-28-10)22-18(26)16-11(2)25(6-7-27-3)19(29)23-17(16)13-5-4-12(20)9-14(13)21/h4-5,8-9,17H,6-7H2,1-3H3,(H,23,29)(H,22,24,26)/t17-/m1/s1. The maximum Gasteiger partial charge on any atom is 0.257 e. The zero-order valence-corrected chi connectivity index (χ0v) is 18.4. The number of aromatic nitrogens is 1. The number of thiocarbonyl (C=S) groups is 1. The molecule has 2 heterocycles. The number of amides is 1. The molecule has 7 nitrogen and oxygen atoms in total. The van der Waals surface area contributed by atoms with Crippen LogP contribution in [-0.4, -0.2) is 41.3 Å². The number of aryl methyl sites for hydroxylation is 1. The van der Waals surface area contributed by atoms with Gasteiger partial charge in [0.05, 0.1) is 18.2 Å². The van der Waals surface area contributed by atoms with Gasteiger partial charge in [-0.15, -0.1) is 0 Å². The molecule has 0 bridgehead atoms. The summed E-state index contributed by atoms with van der Waals surface area (Å²) in [5.74, 6) is 0.572. The van der Waals surface area contributed by atoms with Crippen molar-refractivity contribution in [1.29, 1.82) is 0 Å². The minimum Gasteiger partial charge on any atom is -0.383 e. The van der Waals surface area contributed by atoms with E-state index in [0.29, 0.717) is 56.7 Å². The number of halogens is 2. The van der Waals surface area contributed by atoms with Gasteiger partial charge in [-0.3, -0.25) is 4.79 Å². The van der Waals surface area contributed by atoms with E-state index in [4.69, 9.17) is 44.7 Å². The molecule has 0 aliphatic carbocycles. The molecule has 0 spiro atoms. The lowest BCUT2D eigenvalue weighted by Crippen LogP contribution is -2.49. The van der Waals surface area contributed by atoms with Crippen molar-refractivity contribution in [2.75, 3.05) is 25.6 Å². The van der Waals surface area contributed by atoms with Crippen molar-refractivity contribution in [3.05, 3.63) is 56.9 Å². The van der Waals surface area contributed by atoms with Crippen molar-refractivity contribution < 1.29 is 14.1 Å². The van der Waals surface area contributed by atoms with E-state index in [9.17, 15) is 4.79 Å². The van der Waals surface area contributed by atoms with E-state index >= 15 is 0 Å². The van der Waals surface area contributed by atoms with Crippen molar-refractivity contribution in [2.24, 2.45) is 0 Å². The molecular formula is C19H20Cl2N4O3S. The Hall–Kier alpha value is -2.13. The summed E-state index contributed by atoms with van der Waals surface area (Å²) in [6.07, 6.45) is 0. The van der Waals surface area contributed by atoms with Crippen molar-refractivity contribution in [3.8, 4) is 0 Å². The van der Waals surface area contributed by atoms with E-state index in [1.165, 1.54) is 0 Å². The summed E-state index contributed by atoms with van der Waals surface area (Å²) in [6.45, 7) is 4.52. The molecule has 1 aromatic heterocycles. The Balaban J connectivity index is 2.04. The molecule has 1 aromatic carbocycles. The van der Waals surface area contributed by atoms with E-state index in [2.05, 4.69) is 15.8 Å². The van der Waals surface area contributed by atoms with Crippen LogP contribution in [0.5, 0.6) is 0 Å². The van der Waals surface area contributed by atoms with Gasteiger partial charge in [0, 0.05) is 35.5 Å². The van der Waals surface area contributed by atoms with Crippen LogP contribution in [0.4, 0.5) is 5.82 Å². The highest BCUT2D eigenvalue weighted by Gasteiger charge is 2.35. The van der Waals surface area contributed by atoms with Gasteiger partial charge in [0.1, 0.15) is 5.76 Å². The molecule has 1 aliphatic heterocycles. The summed E-state index contributed by atoms with van der Waals surface area (Å²) in [6, 6.07) is 6.21. The number of nitrogens with zero attached hydrogens (tertiary/aromatic N) is 2. The van der Waals surface area contributed by atoms with Crippen LogP contribution in [0, 0.1) is 6.92 Å². The van der Waals surface area contributed by atoms with Crippen molar-refractivity contribution in [1.82, 2.24) is 15.4 Å². The molecule has 0 fully saturated rings. The van der Waals surface area contributed by atoms with E-state index < -0.39 is 6.04 Å². The first-order chi connectivity index (χ1) is 13.8. The lowest BCUT2D eigenvalue weighted by molar-refractivity contribution is -0.113. The van der Waals surface area contributed by atoms with Crippen LogP contribution in [0.25, 0.3) is 0 Å². The Labute approximate surface area is 184 Å². The first-order valence-corrected chi connectivity index (χ1v) is 9.95. The number of hydrogen-bond donors (Lipinski definition) is 2. The van der Waals surface area contributed by atoms with Gasteiger partial charge in [0.2, 0.25) is 0 Å². The van der Waals surface area contributed by atoms with Gasteiger partial charge in [-0.25, -0.2) is 0 Å². The Bertz CT molecular complexity index is 976. The van der Waals surface area contributed by atoms with Gasteiger partial charge >= 0.3 is 0 Å². The molecule has 0 radical (unpaired) electrons. The number of allylic oxidation sites excluding steroid dienone is 1. The summed E-state index contributed by atoms with van der Waals surface area (Å²) in [4.78, 5) is 15.0. The monoisotopic (exact) mass is 454 g/mol. The SMILES string of the molecule is COCCN1C(=S)N[C@H](c2ccc(Cl)cc2Cl)C(C(=O)Nc2cc(C)on2)=C1C. The van der Waals surface area contributed by atoms with Gasteiger partial charge in [0.15, 0.2) is 10.9 Å². The number of benzene rings is 1. The fourth-order valence-electron chi connectivity index (χ4n) is 3.11. The third-order valence-corrected chi connectivity index (χ3v) is 5.40. The van der Waals surface area contributed by atoms with Gasteiger partial charge in [-0.2, -0.15) is 0 Å². The number of carbonyl (C=O) groups is 1. The minimum atomic E-state index is -0.556. The summed E-state index contributed by atoms with van der Waals surface area (Å²) in [5, 5.41) is 11.2. The van der Waals surface area contributed by atoms with E-state index in [0.717, 1.165) is 0 Å². The number of rotatable bonds is 6. The zero-order valence-electron chi connectivity index (χ0n) is 16.1. The summed E-state index contributed by atoms with van der Waals surface area (Å²) >= 11 is 18.0. The summed E-state index contributed by atoms with van der Waals surface area (Å²) < 4.78 is 10.2. The van der Waals surface area contributed by atoms with Crippen LogP contribution in [-0.2, 0) is 9.53 Å². The summed E-state index contributed by atoms with van der Waals surface area (Å²) in [5.41, 5.74) is 1.84. The lowest BCUT2D eigenvalue weighted by Gasteiger charge is -2.38. The van der Waals surface area contributed by atoms with Crippen LogP contribution < -0.4 is 10.6 Å². The molecule has 0 saturated carbocycles. The molecular weight excluding hydrogens is 435 g/mol. The number of ether oxygens (including phenoxy) is 1. The third kappa shape index (κ3) is 4.72. The molecule has 10 heteroatoms. The average Bonchev–Trinajstić information content (AvgIpc) is 3.05. The number of hydrogen-bond acceptors (Lipinski definition) is 5. The largest absolute Gasteiger partial charge is 0.383 e. The van der Waals surface area contributed by atoms with Gasteiger partial charge in [-0.1, -0.05) is 34.4 Å².